The molecule has 5 heteroatoms. The van der Waals surface area contributed by atoms with Gasteiger partial charge in [-0.15, -0.1) is 0 Å². The van der Waals surface area contributed by atoms with Gasteiger partial charge in [0.05, 0.1) is 20.3 Å². The zero-order valence-corrected chi connectivity index (χ0v) is 12.1. The maximum absolute atomic E-state index is 9.77. The third-order valence-corrected chi connectivity index (χ3v) is 3.53. The van der Waals surface area contributed by atoms with Gasteiger partial charge in [0, 0.05) is 25.2 Å². The van der Waals surface area contributed by atoms with Crippen molar-refractivity contribution in [2.24, 2.45) is 0 Å². The van der Waals surface area contributed by atoms with Crippen molar-refractivity contribution < 1.29 is 14.6 Å². The van der Waals surface area contributed by atoms with Crippen LogP contribution in [0.4, 0.5) is 0 Å². The molecule has 0 bridgehead atoms. The molecule has 0 atom stereocenters. The monoisotopic (exact) mass is 280 g/mol. The molecule has 1 aliphatic rings. The SMILES string of the molecule is COc1ccc(O)c(CNCCCN2CCOCC2)c1. The fraction of sp³-hybridized carbons (Fsp3) is 0.600. The van der Waals surface area contributed by atoms with Crippen molar-refractivity contribution >= 4 is 0 Å². The first kappa shape index (κ1) is 15.1. The molecule has 0 radical (unpaired) electrons. The number of benzene rings is 1. The average molecular weight is 280 g/mol. The van der Waals surface area contributed by atoms with Gasteiger partial charge in [0.1, 0.15) is 11.5 Å². The maximum atomic E-state index is 9.77. The first-order valence-corrected chi connectivity index (χ1v) is 7.16. The normalized spacial score (nSPS) is 16.2. The van der Waals surface area contributed by atoms with Gasteiger partial charge in [0.15, 0.2) is 0 Å². The molecule has 20 heavy (non-hydrogen) atoms. The number of nitrogens with one attached hydrogen (secondary N) is 1. The van der Waals surface area contributed by atoms with E-state index >= 15 is 0 Å². The largest absolute Gasteiger partial charge is 0.508 e. The summed E-state index contributed by atoms with van der Waals surface area (Å²) in [7, 11) is 1.63. The highest BCUT2D eigenvalue weighted by molar-refractivity contribution is 5.39. The summed E-state index contributed by atoms with van der Waals surface area (Å²) in [5.74, 6) is 1.08. The Hall–Kier alpha value is -1.30. The number of ether oxygens (including phenoxy) is 2. The van der Waals surface area contributed by atoms with Crippen LogP contribution in [0.15, 0.2) is 18.2 Å². The van der Waals surface area contributed by atoms with Crippen LogP contribution in [-0.4, -0.2) is 56.5 Å². The second-order valence-corrected chi connectivity index (χ2v) is 4.98. The quantitative estimate of drug-likeness (QED) is 0.735. The molecular formula is C15H24N2O3. The van der Waals surface area contributed by atoms with Crippen molar-refractivity contribution in [2.75, 3.05) is 46.5 Å². The van der Waals surface area contributed by atoms with Crippen molar-refractivity contribution in [3.63, 3.8) is 0 Å². The van der Waals surface area contributed by atoms with Crippen LogP contribution >= 0.6 is 0 Å². The van der Waals surface area contributed by atoms with E-state index in [9.17, 15) is 5.11 Å². The Morgan fingerprint density at radius 3 is 2.90 bits per heavy atom. The Bertz CT molecular complexity index is 406. The smallest absolute Gasteiger partial charge is 0.120 e. The number of phenolic OH excluding ortho intramolecular Hbond substituents is 1. The highest BCUT2D eigenvalue weighted by Crippen LogP contribution is 2.22. The molecule has 1 aromatic carbocycles. The third kappa shape index (κ3) is 4.67. The molecule has 1 saturated heterocycles. The predicted molar refractivity (Wildman–Crippen MR) is 78.2 cm³/mol. The number of hydrogen-bond donors (Lipinski definition) is 2. The van der Waals surface area contributed by atoms with Gasteiger partial charge in [-0.25, -0.2) is 0 Å². The molecule has 0 saturated carbocycles. The highest BCUT2D eigenvalue weighted by atomic mass is 16.5. The van der Waals surface area contributed by atoms with Crippen LogP contribution in [0.5, 0.6) is 11.5 Å². The van der Waals surface area contributed by atoms with Gasteiger partial charge in [0.2, 0.25) is 0 Å². The summed E-state index contributed by atoms with van der Waals surface area (Å²) in [6.45, 7) is 6.48. The molecule has 0 unspecified atom stereocenters. The van der Waals surface area contributed by atoms with Gasteiger partial charge in [-0.3, -0.25) is 4.90 Å². The molecule has 2 rings (SSSR count). The minimum atomic E-state index is 0.312. The van der Waals surface area contributed by atoms with Crippen molar-refractivity contribution in [1.82, 2.24) is 10.2 Å². The standard InChI is InChI=1S/C15H24N2O3/c1-19-14-3-4-15(18)13(11-14)12-16-5-2-6-17-7-9-20-10-8-17/h3-4,11,16,18H,2,5-10,12H2,1H3. The number of hydrogen-bond acceptors (Lipinski definition) is 5. The van der Waals surface area contributed by atoms with E-state index < -0.39 is 0 Å². The van der Waals surface area contributed by atoms with Gasteiger partial charge in [-0.1, -0.05) is 0 Å². The topological polar surface area (TPSA) is 54.0 Å². The zero-order valence-electron chi connectivity index (χ0n) is 12.1. The average Bonchev–Trinajstić information content (AvgIpc) is 2.50. The van der Waals surface area contributed by atoms with Crippen LogP contribution in [0.3, 0.4) is 0 Å². The van der Waals surface area contributed by atoms with Gasteiger partial charge >= 0.3 is 0 Å². The third-order valence-electron chi connectivity index (χ3n) is 3.53. The Labute approximate surface area is 120 Å². The number of phenols is 1. The molecule has 0 aliphatic carbocycles. The lowest BCUT2D eigenvalue weighted by molar-refractivity contribution is 0.0374. The Kier molecular flexibility index (Phi) is 6.11. The lowest BCUT2D eigenvalue weighted by Crippen LogP contribution is -2.37. The maximum Gasteiger partial charge on any atom is 0.120 e. The van der Waals surface area contributed by atoms with Crippen LogP contribution in [0, 0.1) is 0 Å². The summed E-state index contributed by atoms with van der Waals surface area (Å²) in [5, 5.41) is 13.1. The molecule has 0 spiro atoms. The molecule has 2 N–H and O–H groups in total. The zero-order chi connectivity index (χ0) is 14.2. The highest BCUT2D eigenvalue weighted by Gasteiger charge is 2.09. The van der Waals surface area contributed by atoms with Gasteiger partial charge < -0.3 is 19.9 Å². The van der Waals surface area contributed by atoms with Crippen molar-refractivity contribution in [2.45, 2.75) is 13.0 Å². The van der Waals surface area contributed by atoms with Crippen LogP contribution in [0.1, 0.15) is 12.0 Å². The molecule has 1 fully saturated rings. The van der Waals surface area contributed by atoms with Gasteiger partial charge in [-0.05, 0) is 37.7 Å². The van der Waals surface area contributed by atoms with E-state index in [4.69, 9.17) is 9.47 Å². The predicted octanol–water partition coefficient (Wildman–Crippen LogP) is 1.21. The van der Waals surface area contributed by atoms with Crippen LogP contribution in [0.25, 0.3) is 0 Å². The Morgan fingerprint density at radius 1 is 1.35 bits per heavy atom. The van der Waals surface area contributed by atoms with E-state index in [-0.39, 0.29) is 0 Å². The summed E-state index contributed by atoms with van der Waals surface area (Å²) < 4.78 is 10.5. The second-order valence-electron chi connectivity index (χ2n) is 4.98. The molecule has 1 aromatic rings. The van der Waals surface area contributed by atoms with E-state index in [1.165, 1.54) is 0 Å². The minimum Gasteiger partial charge on any atom is -0.508 e. The summed E-state index contributed by atoms with van der Waals surface area (Å²) >= 11 is 0. The molecule has 0 amide bonds. The van der Waals surface area contributed by atoms with Crippen molar-refractivity contribution in [3.8, 4) is 11.5 Å². The molecule has 1 aliphatic heterocycles. The Morgan fingerprint density at radius 2 is 2.15 bits per heavy atom. The molecule has 5 nitrogen and oxygen atoms in total. The summed E-state index contributed by atoms with van der Waals surface area (Å²) in [5.41, 5.74) is 0.871. The summed E-state index contributed by atoms with van der Waals surface area (Å²) in [6.07, 6.45) is 1.10. The van der Waals surface area contributed by atoms with E-state index in [1.54, 1.807) is 19.2 Å². The lowest BCUT2D eigenvalue weighted by Gasteiger charge is -2.26. The van der Waals surface area contributed by atoms with Gasteiger partial charge in [-0.2, -0.15) is 0 Å². The summed E-state index contributed by atoms with van der Waals surface area (Å²) in [6, 6.07) is 5.30. The summed E-state index contributed by atoms with van der Waals surface area (Å²) in [4.78, 5) is 2.42. The fourth-order valence-corrected chi connectivity index (χ4v) is 2.31. The van der Waals surface area contributed by atoms with Crippen molar-refractivity contribution in [3.05, 3.63) is 23.8 Å². The van der Waals surface area contributed by atoms with Crippen molar-refractivity contribution in [1.29, 1.82) is 0 Å². The minimum absolute atomic E-state index is 0.312. The van der Waals surface area contributed by atoms with Crippen LogP contribution < -0.4 is 10.1 Å². The number of aromatic hydroxyl groups is 1. The first-order chi connectivity index (χ1) is 9.79. The van der Waals surface area contributed by atoms with Crippen LogP contribution in [-0.2, 0) is 11.3 Å². The van der Waals surface area contributed by atoms with E-state index in [0.717, 1.165) is 57.1 Å². The molecular weight excluding hydrogens is 256 g/mol. The fourth-order valence-electron chi connectivity index (χ4n) is 2.31. The van der Waals surface area contributed by atoms with E-state index in [0.29, 0.717) is 12.3 Å². The molecule has 1 heterocycles. The molecule has 0 aromatic heterocycles. The van der Waals surface area contributed by atoms with E-state index in [2.05, 4.69) is 10.2 Å². The lowest BCUT2D eigenvalue weighted by atomic mass is 10.2. The number of rotatable bonds is 7. The number of methoxy groups -OCH3 is 1. The number of morpholine rings is 1. The van der Waals surface area contributed by atoms with Crippen LogP contribution in [0.2, 0.25) is 0 Å². The second kappa shape index (κ2) is 8.09. The van der Waals surface area contributed by atoms with Gasteiger partial charge in [0.25, 0.3) is 0 Å². The first-order valence-electron chi connectivity index (χ1n) is 7.16. The number of nitrogens with zero attached hydrogens (tertiary/aromatic N) is 1. The van der Waals surface area contributed by atoms with E-state index in [1.807, 2.05) is 6.07 Å². The Balaban J connectivity index is 1.65. The molecule has 112 valence electrons.